The first kappa shape index (κ1) is 12.6. The average molecular weight is 252 g/mol. The summed E-state index contributed by atoms with van der Waals surface area (Å²) in [5.41, 5.74) is 1.20. The van der Waals surface area contributed by atoms with E-state index >= 15 is 0 Å². The number of hydrogen-bond acceptors (Lipinski definition) is 3. The fourth-order valence-electron chi connectivity index (χ4n) is 2.01. The van der Waals surface area contributed by atoms with Gasteiger partial charge in [0.15, 0.2) is 5.13 Å². The second-order valence-electron chi connectivity index (χ2n) is 5.04. The van der Waals surface area contributed by atoms with Crippen molar-refractivity contribution in [2.45, 2.75) is 46.5 Å². The summed E-state index contributed by atoms with van der Waals surface area (Å²) in [6, 6.07) is 0. The second kappa shape index (κ2) is 5.17. The molecule has 2 atom stereocenters. The molecule has 0 bridgehead atoms. The van der Waals surface area contributed by atoms with E-state index in [1.54, 1.807) is 11.3 Å². The maximum absolute atomic E-state index is 11.8. The zero-order chi connectivity index (χ0) is 12.4. The van der Waals surface area contributed by atoms with E-state index in [0.717, 1.165) is 30.3 Å². The molecule has 1 aromatic rings. The van der Waals surface area contributed by atoms with Crippen molar-refractivity contribution in [3.8, 4) is 0 Å². The van der Waals surface area contributed by atoms with Crippen molar-refractivity contribution >= 4 is 22.4 Å². The molecule has 0 saturated heterocycles. The second-order valence-corrected chi connectivity index (χ2v) is 6.12. The Bertz CT molecular complexity index is 414. The molecule has 1 amide bonds. The third-order valence-electron chi connectivity index (χ3n) is 3.48. The van der Waals surface area contributed by atoms with Crippen LogP contribution in [-0.4, -0.2) is 10.9 Å². The van der Waals surface area contributed by atoms with Gasteiger partial charge in [-0.05, 0) is 31.6 Å². The minimum Gasteiger partial charge on any atom is -0.302 e. The number of fused-ring (bicyclic) bond motifs is 1. The molecular weight excluding hydrogens is 232 g/mol. The van der Waals surface area contributed by atoms with Crippen molar-refractivity contribution in [3.05, 3.63) is 10.6 Å². The fraction of sp³-hybridized carbons (Fsp3) is 0.692. The Hall–Kier alpha value is -0.900. The Morgan fingerprint density at radius 1 is 1.65 bits per heavy atom. The lowest BCUT2D eigenvalue weighted by Gasteiger charge is -2.15. The average Bonchev–Trinajstić information content (AvgIpc) is 2.69. The maximum atomic E-state index is 11.8. The van der Waals surface area contributed by atoms with E-state index in [1.165, 1.54) is 17.0 Å². The van der Waals surface area contributed by atoms with E-state index in [9.17, 15) is 4.79 Å². The third kappa shape index (κ3) is 2.86. The Morgan fingerprint density at radius 3 is 3.12 bits per heavy atom. The summed E-state index contributed by atoms with van der Waals surface area (Å²) < 4.78 is 0. The summed E-state index contributed by atoms with van der Waals surface area (Å²) in [6.07, 6.45) is 4.27. The molecule has 0 aromatic carbocycles. The number of nitrogens with zero attached hydrogens (tertiary/aromatic N) is 1. The first-order valence-electron chi connectivity index (χ1n) is 6.39. The smallest absolute Gasteiger partial charge is 0.228 e. The number of nitrogens with one attached hydrogen (secondary N) is 1. The number of aryl methyl sites for hydroxylation is 1. The monoisotopic (exact) mass is 252 g/mol. The molecule has 0 spiro atoms. The van der Waals surface area contributed by atoms with Gasteiger partial charge < -0.3 is 5.32 Å². The van der Waals surface area contributed by atoms with Crippen molar-refractivity contribution in [2.24, 2.45) is 11.8 Å². The quantitative estimate of drug-likeness (QED) is 0.897. The van der Waals surface area contributed by atoms with Gasteiger partial charge in [0, 0.05) is 10.8 Å². The molecule has 0 radical (unpaired) electrons. The third-order valence-corrected chi connectivity index (χ3v) is 4.51. The Morgan fingerprint density at radius 2 is 2.41 bits per heavy atom. The number of hydrogen-bond donors (Lipinski definition) is 1. The topological polar surface area (TPSA) is 42.0 Å². The predicted octanol–water partition coefficient (Wildman–Crippen LogP) is 3.25. The number of aromatic nitrogens is 1. The van der Waals surface area contributed by atoms with Crippen LogP contribution in [0.25, 0.3) is 0 Å². The van der Waals surface area contributed by atoms with Crippen LogP contribution < -0.4 is 5.32 Å². The molecule has 2 rings (SSSR count). The number of amides is 1. The van der Waals surface area contributed by atoms with E-state index in [4.69, 9.17) is 0 Å². The maximum Gasteiger partial charge on any atom is 0.228 e. The summed E-state index contributed by atoms with van der Waals surface area (Å²) in [5, 5.41) is 3.72. The van der Waals surface area contributed by atoms with Gasteiger partial charge in [-0.3, -0.25) is 4.79 Å². The lowest BCUT2D eigenvalue weighted by molar-refractivity contribution is -0.119. The lowest BCUT2D eigenvalue weighted by atomic mass is 9.93. The van der Waals surface area contributed by atoms with E-state index in [0.29, 0.717) is 0 Å². The number of carbonyl (C=O) groups is 1. The number of rotatable bonds is 3. The van der Waals surface area contributed by atoms with Crippen LogP contribution in [-0.2, 0) is 17.6 Å². The highest BCUT2D eigenvalue weighted by molar-refractivity contribution is 7.15. The van der Waals surface area contributed by atoms with Crippen LogP contribution >= 0.6 is 11.3 Å². The molecule has 0 aliphatic heterocycles. The molecule has 0 saturated carbocycles. The van der Waals surface area contributed by atoms with E-state index in [1.807, 2.05) is 13.8 Å². The van der Waals surface area contributed by atoms with Gasteiger partial charge >= 0.3 is 0 Å². The highest BCUT2D eigenvalue weighted by Crippen LogP contribution is 2.32. The Kier molecular flexibility index (Phi) is 3.82. The number of carbonyl (C=O) groups excluding carboxylic acids is 1. The molecule has 0 fully saturated rings. The lowest BCUT2D eigenvalue weighted by Crippen LogP contribution is -2.19. The molecule has 4 heteroatoms. The highest BCUT2D eigenvalue weighted by Gasteiger charge is 2.21. The normalized spacial score (nSPS) is 20.8. The number of thiazole rings is 1. The highest BCUT2D eigenvalue weighted by atomic mass is 32.1. The summed E-state index contributed by atoms with van der Waals surface area (Å²) >= 11 is 1.65. The van der Waals surface area contributed by atoms with Crippen LogP contribution in [0.1, 0.15) is 44.2 Å². The van der Waals surface area contributed by atoms with E-state index in [-0.39, 0.29) is 11.8 Å². The minimum atomic E-state index is 0.0647. The summed E-state index contributed by atoms with van der Waals surface area (Å²) in [5.74, 6) is 0.905. The molecule has 1 aliphatic rings. The van der Waals surface area contributed by atoms with Gasteiger partial charge in [0.05, 0.1) is 5.69 Å². The van der Waals surface area contributed by atoms with Crippen LogP contribution in [0.4, 0.5) is 5.13 Å². The van der Waals surface area contributed by atoms with Crippen molar-refractivity contribution in [2.75, 3.05) is 5.32 Å². The first-order valence-corrected chi connectivity index (χ1v) is 7.21. The summed E-state index contributed by atoms with van der Waals surface area (Å²) in [6.45, 7) is 6.25. The van der Waals surface area contributed by atoms with Crippen molar-refractivity contribution in [1.29, 1.82) is 0 Å². The standard InChI is InChI=1S/C13H20N2OS/c1-4-9(3)12(16)15-13-14-10-6-5-8(2)7-11(10)17-13/h8-9H,4-7H2,1-3H3,(H,14,15,16). The van der Waals surface area contributed by atoms with Gasteiger partial charge in [0.1, 0.15) is 0 Å². The van der Waals surface area contributed by atoms with Crippen LogP contribution in [0.15, 0.2) is 0 Å². The minimum absolute atomic E-state index is 0.0647. The molecular formula is C13H20N2OS. The molecule has 2 unspecified atom stereocenters. The van der Waals surface area contributed by atoms with Crippen LogP contribution in [0, 0.1) is 11.8 Å². The predicted molar refractivity (Wildman–Crippen MR) is 71.4 cm³/mol. The summed E-state index contributed by atoms with van der Waals surface area (Å²) in [7, 11) is 0. The SMILES string of the molecule is CCC(C)C(=O)Nc1nc2c(s1)CC(C)CC2. The van der Waals surface area contributed by atoms with Crippen LogP contribution in [0.2, 0.25) is 0 Å². The van der Waals surface area contributed by atoms with Crippen molar-refractivity contribution < 1.29 is 4.79 Å². The van der Waals surface area contributed by atoms with Gasteiger partial charge in [-0.15, -0.1) is 11.3 Å². The largest absolute Gasteiger partial charge is 0.302 e. The molecule has 3 nitrogen and oxygen atoms in total. The molecule has 94 valence electrons. The first-order chi connectivity index (χ1) is 8.10. The van der Waals surface area contributed by atoms with Gasteiger partial charge in [0.2, 0.25) is 5.91 Å². The van der Waals surface area contributed by atoms with Crippen LogP contribution in [0.3, 0.4) is 0 Å². The Labute approximate surface area is 107 Å². The van der Waals surface area contributed by atoms with Gasteiger partial charge in [-0.1, -0.05) is 20.8 Å². The number of anilines is 1. The molecule has 17 heavy (non-hydrogen) atoms. The zero-order valence-corrected chi connectivity index (χ0v) is 11.6. The molecule has 1 aromatic heterocycles. The fourth-order valence-corrected chi connectivity index (χ4v) is 3.18. The van der Waals surface area contributed by atoms with E-state index < -0.39 is 0 Å². The van der Waals surface area contributed by atoms with Gasteiger partial charge in [-0.25, -0.2) is 4.98 Å². The summed E-state index contributed by atoms with van der Waals surface area (Å²) in [4.78, 5) is 17.7. The Balaban J connectivity index is 2.06. The zero-order valence-electron chi connectivity index (χ0n) is 10.7. The van der Waals surface area contributed by atoms with E-state index in [2.05, 4.69) is 17.2 Å². The van der Waals surface area contributed by atoms with Gasteiger partial charge in [0.25, 0.3) is 0 Å². The molecule has 1 N–H and O–H groups in total. The van der Waals surface area contributed by atoms with Crippen molar-refractivity contribution in [3.63, 3.8) is 0 Å². The van der Waals surface area contributed by atoms with Crippen LogP contribution in [0.5, 0.6) is 0 Å². The van der Waals surface area contributed by atoms with Crippen molar-refractivity contribution in [1.82, 2.24) is 4.98 Å². The molecule has 1 aliphatic carbocycles. The molecule has 1 heterocycles. The van der Waals surface area contributed by atoms with Gasteiger partial charge in [-0.2, -0.15) is 0 Å².